The monoisotopic (exact) mass is 436 g/mol. The average molecular weight is 437 g/mol. The van der Waals surface area contributed by atoms with Crippen LogP contribution in [0.1, 0.15) is 49.5 Å². The SMILES string of the molecule is COc1cccc(C(=O)N2CCC(c3nnc(C(=O)Nc4ccccc4C)s3)CC2)c1. The van der Waals surface area contributed by atoms with Crippen LogP contribution in [0, 0.1) is 6.92 Å². The van der Waals surface area contributed by atoms with Crippen molar-refractivity contribution in [1.29, 1.82) is 0 Å². The number of nitrogens with one attached hydrogen (secondary N) is 1. The van der Waals surface area contributed by atoms with Crippen molar-refractivity contribution in [1.82, 2.24) is 15.1 Å². The number of anilines is 1. The zero-order valence-electron chi connectivity index (χ0n) is 17.5. The molecule has 2 aromatic carbocycles. The predicted molar refractivity (Wildman–Crippen MR) is 120 cm³/mol. The summed E-state index contributed by atoms with van der Waals surface area (Å²) in [6.45, 7) is 3.23. The van der Waals surface area contributed by atoms with Gasteiger partial charge in [-0.2, -0.15) is 0 Å². The van der Waals surface area contributed by atoms with Gasteiger partial charge in [-0.15, -0.1) is 10.2 Å². The van der Waals surface area contributed by atoms with Gasteiger partial charge in [-0.3, -0.25) is 9.59 Å². The molecule has 1 aliphatic heterocycles. The van der Waals surface area contributed by atoms with Gasteiger partial charge in [0.1, 0.15) is 10.8 Å². The van der Waals surface area contributed by atoms with E-state index in [1.165, 1.54) is 11.3 Å². The highest BCUT2D eigenvalue weighted by Gasteiger charge is 2.27. The molecule has 0 bridgehead atoms. The lowest BCUT2D eigenvalue weighted by molar-refractivity contribution is 0.0712. The minimum absolute atomic E-state index is 0.00733. The van der Waals surface area contributed by atoms with Gasteiger partial charge < -0.3 is 15.0 Å². The molecule has 8 heteroatoms. The van der Waals surface area contributed by atoms with E-state index in [2.05, 4.69) is 15.5 Å². The third-order valence-corrected chi connectivity index (χ3v) is 6.56. The van der Waals surface area contributed by atoms with Gasteiger partial charge in [0.05, 0.1) is 7.11 Å². The first-order chi connectivity index (χ1) is 15.0. The van der Waals surface area contributed by atoms with Crippen molar-refractivity contribution in [2.45, 2.75) is 25.7 Å². The molecule has 2 heterocycles. The number of carbonyl (C=O) groups excluding carboxylic acids is 2. The highest BCUT2D eigenvalue weighted by Crippen LogP contribution is 2.31. The molecule has 1 saturated heterocycles. The normalized spacial score (nSPS) is 14.3. The van der Waals surface area contributed by atoms with E-state index in [0.717, 1.165) is 29.1 Å². The Balaban J connectivity index is 1.36. The maximum atomic E-state index is 12.8. The summed E-state index contributed by atoms with van der Waals surface area (Å²) in [7, 11) is 1.59. The van der Waals surface area contributed by atoms with Crippen molar-refractivity contribution in [3.63, 3.8) is 0 Å². The van der Waals surface area contributed by atoms with Gasteiger partial charge in [-0.25, -0.2) is 0 Å². The zero-order valence-corrected chi connectivity index (χ0v) is 18.3. The molecule has 0 spiro atoms. The standard InChI is InChI=1S/C23H24N4O3S/c1-15-6-3-4-9-19(15)24-20(28)22-26-25-21(31-22)16-10-12-27(13-11-16)23(29)17-7-5-8-18(14-17)30-2/h3-9,14,16H,10-13H2,1-2H3,(H,24,28). The number of nitrogens with zero attached hydrogens (tertiary/aromatic N) is 3. The van der Waals surface area contributed by atoms with Gasteiger partial charge in [0.15, 0.2) is 0 Å². The number of rotatable bonds is 5. The number of aryl methyl sites for hydroxylation is 1. The summed E-state index contributed by atoms with van der Waals surface area (Å²) in [6.07, 6.45) is 1.59. The fourth-order valence-electron chi connectivity index (χ4n) is 3.65. The Morgan fingerprint density at radius 1 is 1.10 bits per heavy atom. The molecule has 0 atom stereocenters. The molecule has 1 aliphatic rings. The molecule has 0 saturated carbocycles. The number of ether oxygens (including phenoxy) is 1. The van der Waals surface area contributed by atoms with E-state index >= 15 is 0 Å². The molecule has 31 heavy (non-hydrogen) atoms. The van der Waals surface area contributed by atoms with Gasteiger partial charge in [0.25, 0.3) is 11.8 Å². The number of likely N-dealkylation sites (tertiary alicyclic amines) is 1. The van der Waals surface area contributed by atoms with E-state index in [4.69, 9.17) is 4.74 Å². The van der Waals surface area contributed by atoms with Crippen molar-refractivity contribution >= 4 is 28.8 Å². The van der Waals surface area contributed by atoms with Gasteiger partial charge >= 0.3 is 0 Å². The zero-order chi connectivity index (χ0) is 21.8. The van der Waals surface area contributed by atoms with Crippen LogP contribution in [-0.2, 0) is 0 Å². The third-order valence-electron chi connectivity index (χ3n) is 5.48. The molecular weight excluding hydrogens is 412 g/mol. The van der Waals surface area contributed by atoms with Crippen molar-refractivity contribution < 1.29 is 14.3 Å². The molecule has 1 fully saturated rings. The van der Waals surface area contributed by atoms with Crippen LogP contribution in [0.4, 0.5) is 5.69 Å². The van der Waals surface area contributed by atoms with Crippen molar-refractivity contribution in [2.75, 3.05) is 25.5 Å². The second-order valence-electron chi connectivity index (χ2n) is 7.51. The highest BCUT2D eigenvalue weighted by atomic mass is 32.1. The predicted octanol–water partition coefficient (Wildman–Crippen LogP) is 4.13. The number of aromatic nitrogens is 2. The van der Waals surface area contributed by atoms with Crippen molar-refractivity contribution in [2.24, 2.45) is 0 Å². The number of hydrogen-bond donors (Lipinski definition) is 1. The first kappa shape index (κ1) is 21.0. The number of methoxy groups -OCH3 is 1. The quantitative estimate of drug-likeness (QED) is 0.650. The van der Waals surface area contributed by atoms with Crippen LogP contribution in [0.2, 0.25) is 0 Å². The summed E-state index contributed by atoms with van der Waals surface area (Å²) in [6, 6.07) is 14.8. The van der Waals surface area contributed by atoms with Crippen LogP contribution >= 0.6 is 11.3 Å². The smallest absolute Gasteiger partial charge is 0.286 e. The first-order valence-corrected chi connectivity index (χ1v) is 11.0. The van der Waals surface area contributed by atoms with E-state index < -0.39 is 0 Å². The molecule has 2 amide bonds. The van der Waals surface area contributed by atoms with Crippen LogP contribution in [0.3, 0.4) is 0 Å². The average Bonchev–Trinajstić information content (AvgIpc) is 3.31. The topological polar surface area (TPSA) is 84.4 Å². The van der Waals surface area contributed by atoms with Gasteiger partial charge in [0, 0.05) is 30.3 Å². The molecular formula is C23H24N4O3S. The summed E-state index contributed by atoms with van der Waals surface area (Å²) in [5.74, 6) is 0.634. The van der Waals surface area contributed by atoms with Crippen LogP contribution in [0.15, 0.2) is 48.5 Å². The van der Waals surface area contributed by atoms with Crippen molar-refractivity contribution in [3.05, 3.63) is 69.7 Å². The molecule has 3 aromatic rings. The Labute approximate surface area is 185 Å². The number of hydrogen-bond acceptors (Lipinski definition) is 6. The molecule has 1 aromatic heterocycles. The Hall–Kier alpha value is -3.26. The molecule has 0 aliphatic carbocycles. The van der Waals surface area contributed by atoms with E-state index in [9.17, 15) is 9.59 Å². The minimum atomic E-state index is -0.247. The Morgan fingerprint density at radius 2 is 1.87 bits per heavy atom. The minimum Gasteiger partial charge on any atom is -0.497 e. The lowest BCUT2D eigenvalue weighted by Gasteiger charge is -2.31. The number of carbonyl (C=O) groups is 2. The van der Waals surface area contributed by atoms with E-state index in [1.807, 2.05) is 48.2 Å². The summed E-state index contributed by atoms with van der Waals surface area (Å²) >= 11 is 1.33. The second-order valence-corrected chi connectivity index (χ2v) is 8.52. The molecule has 0 radical (unpaired) electrons. The maximum Gasteiger partial charge on any atom is 0.286 e. The van der Waals surface area contributed by atoms with Crippen LogP contribution in [0.5, 0.6) is 5.75 Å². The summed E-state index contributed by atoms with van der Waals surface area (Å²) in [5, 5.41) is 12.5. The number of para-hydroxylation sites is 1. The Bertz CT molecular complexity index is 1090. The van der Waals surface area contributed by atoms with Gasteiger partial charge in [-0.1, -0.05) is 35.6 Å². The molecule has 4 rings (SSSR count). The Morgan fingerprint density at radius 3 is 2.61 bits per heavy atom. The highest BCUT2D eigenvalue weighted by molar-refractivity contribution is 7.13. The molecule has 7 nitrogen and oxygen atoms in total. The van der Waals surface area contributed by atoms with Gasteiger partial charge in [0.2, 0.25) is 5.01 Å². The fraction of sp³-hybridized carbons (Fsp3) is 0.304. The summed E-state index contributed by atoms with van der Waals surface area (Å²) in [4.78, 5) is 27.2. The molecule has 0 unspecified atom stereocenters. The number of amides is 2. The second kappa shape index (κ2) is 9.26. The lowest BCUT2D eigenvalue weighted by Crippen LogP contribution is -2.37. The molecule has 160 valence electrons. The van der Waals surface area contributed by atoms with Crippen molar-refractivity contribution in [3.8, 4) is 5.75 Å². The van der Waals surface area contributed by atoms with Gasteiger partial charge in [-0.05, 0) is 49.6 Å². The fourth-order valence-corrected chi connectivity index (χ4v) is 4.56. The van der Waals surface area contributed by atoms with E-state index in [-0.39, 0.29) is 17.7 Å². The first-order valence-electron chi connectivity index (χ1n) is 10.2. The third kappa shape index (κ3) is 4.74. The van der Waals surface area contributed by atoms with Crippen LogP contribution < -0.4 is 10.1 Å². The molecule has 1 N–H and O–H groups in total. The number of piperidine rings is 1. The van der Waals surface area contributed by atoms with E-state index in [0.29, 0.717) is 29.4 Å². The van der Waals surface area contributed by atoms with E-state index in [1.54, 1.807) is 19.2 Å². The lowest BCUT2D eigenvalue weighted by atomic mass is 9.97. The summed E-state index contributed by atoms with van der Waals surface area (Å²) < 4.78 is 5.22. The Kier molecular flexibility index (Phi) is 6.27. The number of benzene rings is 2. The van der Waals surface area contributed by atoms with Crippen LogP contribution in [0.25, 0.3) is 0 Å². The summed E-state index contributed by atoms with van der Waals surface area (Å²) in [5.41, 5.74) is 2.39. The maximum absolute atomic E-state index is 12.8. The van der Waals surface area contributed by atoms with Crippen LogP contribution in [-0.4, -0.2) is 47.1 Å². The largest absolute Gasteiger partial charge is 0.497 e.